The van der Waals surface area contributed by atoms with Gasteiger partial charge in [0, 0.05) is 11.4 Å². The second kappa shape index (κ2) is 10.5. The number of anilines is 3. The third-order valence-corrected chi connectivity index (χ3v) is 8.45. The van der Waals surface area contributed by atoms with Crippen LogP contribution in [0.15, 0.2) is 71.6 Å². The fourth-order valence-corrected chi connectivity index (χ4v) is 5.50. The van der Waals surface area contributed by atoms with Gasteiger partial charge in [-0.05, 0) is 84.5 Å². The van der Waals surface area contributed by atoms with Crippen molar-refractivity contribution in [3.63, 3.8) is 0 Å². The van der Waals surface area contributed by atoms with Gasteiger partial charge in [-0.2, -0.15) is 0 Å². The monoisotopic (exact) mass is 543 g/mol. The van der Waals surface area contributed by atoms with Crippen LogP contribution in [0, 0.1) is 13.8 Å². The number of amides is 1. The summed E-state index contributed by atoms with van der Waals surface area (Å²) in [5, 5.41) is 2.63. The number of hydrogen-bond acceptors (Lipinski definition) is 5. The summed E-state index contributed by atoms with van der Waals surface area (Å²) in [5.74, 6) is -0.561. The number of hydrogen-bond donors (Lipinski definition) is 2. The van der Waals surface area contributed by atoms with Crippen LogP contribution in [0.4, 0.5) is 17.1 Å². The summed E-state index contributed by atoms with van der Waals surface area (Å²) in [5.41, 5.74) is 4.13. The Morgan fingerprint density at radius 3 is 1.89 bits per heavy atom. The van der Waals surface area contributed by atoms with Gasteiger partial charge in [0.1, 0.15) is 6.54 Å². The lowest BCUT2D eigenvalue weighted by Gasteiger charge is -2.24. The second-order valence-corrected chi connectivity index (χ2v) is 13.6. The van der Waals surface area contributed by atoms with Gasteiger partial charge in [-0.15, -0.1) is 0 Å². The summed E-state index contributed by atoms with van der Waals surface area (Å²) in [6, 6.07) is 18.0. The molecule has 0 aliphatic heterocycles. The molecule has 0 radical (unpaired) electrons. The first kappa shape index (κ1) is 28.2. The number of rotatable bonds is 8. The van der Waals surface area contributed by atoms with Gasteiger partial charge >= 0.3 is 0 Å². The molecule has 198 valence electrons. The van der Waals surface area contributed by atoms with E-state index in [0.717, 1.165) is 27.3 Å². The van der Waals surface area contributed by atoms with Crippen molar-refractivity contribution in [1.82, 2.24) is 0 Å². The van der Waals surface area contributed by atoms with Gasteiger partial charge in [-0.25, -0.2) is 16.8 Å². The number of carbonyl (C=O) groups is 1. The molecule has 2 N–H and O–H groups in total. The summed E-state index contributed by atoms with van der Waals surface area (Å²) in [6.07, 6.45) is 1.04. The smallest absolute Gasteiger partial charge is 0.261 e. The standard InChI is InChI=1S/C27H33N3O5S2/c1-19-7-10-23(17-20(19)2)29-37(34,35)25-15-11-22(12-16-25)28-26(31)18-30(36(6,32)33)24-13-8-21(9-14-24)27(3,4)5/h7-17,29H,18H2,1-6H3,(H,28,31). The number of carbonyl (C=O) groups excluding carboxylic acids is 1. The molecule has 3 rings (SSSR count). The van der Waals surface area contributed by atoms with E-state index in [4.69, 9.17) is 0 Å². The first-order valence-electron chi connectivity index (χ1n) is 11.6. The highest BCUT2D eigenvalue weighted by Crippen LogP contribution is 2.26. The van der Waals surface area contributed by atoms with Gasteiger partial charge in [0.25, 0.3) is 10.0 Å². The minimum absolute atomic E-state index is 0.0282. The topological polar surface area (TPSA) is 113 Å². The van der Waals surface area contributed by atoms with E-state index in [0.29, 0.717) is 17.1 Å². The molecular weight excluding hydrogens is 510 g/mol. The van der Waals surface area contributed by atoms with Crippen LogP contribution in [0.1, 0.15) is 37.5 Å². The Morgan fingerprint density at radius 2 is 1.38 bits per heavy atom. The highest BCUT2D eigenvalue weighted by atomic mass is 32.2. The van der Waals surface area contributed by atoms with Gasteiger partial charge in [-0.3, -0.25) is 13.8 Å². The maximum absolute atomic E-state index is 12.8. The molecule has 0 aliphatic rings. The van der Waals surface area contributed by atoms with Crippen molar-refractivity contribution in [2.75, 3.05) is 27.1 Å². The van der Waals surface area contributed by atoms with E-state index < -0.39 is 32.5 Å². The fourth-order valence-electron chi connectivity index (χ4n) is 3.60. The minimum Gasteiger partial charge on any atom is -0.325 e. The molecule has 3 aromatic rings. The van der Waals surface area contributed by atoms with Crippen LogP contribution in [-0.2, 0) is 30.3 Å². The van der Waals surface area contributed by atoms with E-state index in [9.17, 15) is 21.6 Å². The second-order valence-electron chi connectivity index (χ2n) is 10.0. The molecule has 37 heavy (non-hydrogen) atoms. The first-order valence-corrected chi connectivity index (χ1v) is 15.0. The summed E-state index contributed by atoms with van der Waals surface area (Å²) in [7, 11) is -7.56. The highest BCUT2D eigenvalue weighted by Gasteiger charge is 2.22. The van der Waals surface area contributed by atoms with E-state index in [-0.39, 0.29) is 10.3 Å². The van der Waals surface area contributed by atoms with Gasteiger partial charge < -0.3 is 5.32 Å². The molecule has 0 fully saturated rings. The van der Waals surface area contributed by atoms with E-state index in [1.165, 1.54) is 24.3 Å². The minimum atomic E-state index is -3.83. The Bertz CT molecular complexity index is 1490. The Morgan fingerprint density at radius 1 is 0.811 bits per heavy atom. The van der Waals surface area contributed by atoms with Gasteiger partial charge in [0.2, 0.25) is 15.9 Å². The number of nitrogens with one attached hydrogen (secondary N) is 2. The third kappa shape index (κ3) is 7.33. The van der Waals surface area contributed by atoms with E-state index >= 15 is 0 Å². The lowest BCUT2D eigenvalue weighted by Crippen LogP contribution is -2.37. The summed E-state index contributed by atoms with van der Waals surface area (Å²) in [4.78, 5) is 12.7. The molecule has 0 aliphatic carbocycles. The van der Waals surface area contributed by atoms with Crippen molar-refractivity contribution in [3.8, 4) is 0 Å². The number of sulfonamides is 2. The molecular formula is C27H33N3O5S2. The van der Waals surface area contributed by atoms with E-state index in [1.807, 2.05) is 32.0 Å². The zero-order chi connectivity index (χ0) is 27.6. The van der Waals surface area contributed by atoms with Crippen molar-refractivity contribution in [3.05, 3.63) is 83.4 Å². The number of aryl methyl sites for hydroxylation is 2. The van der Waals surface area contributed by atoms with Gasteiger partial charge in [0.05, 0.1) is 16.8 Å². The molecule has 0 heterocycles. The first-order chi connectivity index (χ1) is 17.1. The average molecular weight is 544 g/mol. The van der Waals surface area contributed by atoms with Crippen molar-refractivity contribution in [1.29, 1.82) is 0 Å². The molecule has 0 spiro atoms. The van der Waals surface area contributed by atoms with Crippen molar-refractivity contribution in [2.24, 2.45) is 0 Å². The van der Waals surface area contributed by atoms with Crippen LogP contribution in [0.5, 0.6) is 0 Å². The Hall–Kier alpha value is -3.37. The zero-order valence-electron chi connectivity index (χ0n) is 21.9. The predicted molar refractivity (Wildman–Crippen MR) is 149 cm³/mol. The van der Waals surface area contributed by atoms with Gasteiger partial charge in [0.15, 0.2) is 0 Å². The normalized spacial score (nSPS) is 12.2. The molecule has 3 aromatic carbocycles. The SMILES string of the molecule is Cc1ccc(NS(=O)(=O)c2ccc(NC(=O)CN(c3ccc(C(C)(C)C)cc3)S(C)(=O)=O)cc2)cc1C. The molecule has 0 saturated heterocycles. The Kier molecular flexibility index (Phi) is 8.04. The molecule has 0 unspecified atom stereocenters. The molecule has 8 nitrogen and oxygen atoms in total. The van der Waals surface area contributed by atoms with Crippen LogP contribution in [0.2, 0.25) is 0 Å². The van der Waals surface area contributed by atoms with Crippen LogP contribution in [0.3, 0.4) is 0 Å². The van der Waals surface area contributed by atoms with E-state index in [2.05, 4.69) is 30.8 Å². The summed E-state index contributed by atoms with van der Waals surface area (Å²) in [6.45, 7) is 9.58. The summed E-state index contributed by atoms with van der Waals surface area (Å²) < 4.78 is 53.9. The quantitative estimate of drug-likeness (QED) is 0.424. The lowest BCUT2D eigenvalue weighted by atomic mass is 9.87. The van der Waals surface area contributed by atoms with Crippen LogP contribution in [-0.4, -0.2) is 35.5 Å². The molecule has 0 atom stereocenters. The van der Waals surface area contributed by atoms with Crippen molar-refractivity contribution < 1.29 is 21.6 Å². The third-order valence-electron chi connectivity index (χ3n) is 5.92. The Labute approximate surface area is 219 Å². The number of benzene rings is 3. The van der Waals surface area contributed by atoms with Crippen molar-refractivity contribution in [2.45, 2.75) is 44.9 Å². The Balaban J connectivity index is 1.71. The van der Waals surface area contributed by atoms with Crippen molar-refractivity contribution >= 4 is 43.0 Å². The van der Waals surface area contributed by atoms with Crippen LogP contribution < -0.4 is 14.3 Å². The van der Waals surface area contributed by atoms with Crippen LogP contribution in [0.25, 0.3) is 0 Å². The number of nitrogens with zero attached hydrogens (tertiary/aromatic N) is 1. The van der Waals surface area contributed by atoms with Gasteiger partial charge in [-0.1, -0.05) is 39.0 Å². The molecule has 1 amide bonds. The molecule has 0 bridgehead atoms. The predicted octanol–water partition coefficient (Wildman–Crippen LogP) is 4.81. The maximum atomic E-state index is 12.8. The average Bonchev–Trinajstić information content (AvgIpc) is 2.79. The fraction of sp³-hybridized carbons (Fsp3) is 0.296. The highest BCUT2D eigenvalue weighted by molar-refractivity contribution is 7.92. The molecule has 0 aromatic heterocycles. The van der Waals surface area contributed by atoms with E-state index in [1.54, 1.807) is 24.3 Å². The molecule has 10 heteroatoms. The zero-order valence-corrected chi connectivity index (χ0v) is 23.5. The van der Waals surface area contributed by atoms with Crippen LogP contribution >= 0.6 is 0 Å². The maximum Gasteiger partial charge on any atom is 0.261 e. The molecule has 0 saturated carbocycles. The summed E-state index contributed by atoms with van der Waals surface area (Å²) >= 11 is 0. The largest absolute Gasteiger partial charge is 0.325 e. The lowest BCUT2D eigenvalue weighted by molar-refractivity contribution is -0.114.